The monoisotopic (exact) mass is 152 g/mol. The van der Waals surface area contributed by atoms with Crippen molar-refractivity contribution in [2.75, 3.05) is 0 Å². The Morgan fingerprint density at radius 2 is 2.00 bits per heavy atom. The highest BCUT2D eigenvalue weighted by Crippen LogP contribution is 2.33. The lowest BCUT2D eigenvalue weighted by molar-refractivity contribution is 0.291. The van der Waals surface area contributed by atoms with Crippen molar-refractivity contribution in [2.24, 2.45) is 4.99 Å². The van der Waals surface area contributed by atoms with Crippen molar-refractivity contribution in [3.8, 4) is 0 Å². The van der Waals surface area contributed by atoms with Crippen LogP contribution in [0.5, 0.6) is 0 Å². The van der Waals surface area contributed by atoms with Gasteiger partial charge < -0.3 is 0 Å². The van der Waals surface area contributed by atoms with Gasteiger partial charge in [-0.15, -0.1) is 0 Å². The summed E-state index contributed by atoms with van der Waals surface area (Å²) in [5, 5.41) is 6.85. The number of aliphatic imine (C=N–C) groups is 1. The first-order valence-electron chi connectivity index (χ1n) is 4.46. The average molecular weight is 152 g/mol. The second-order valence-corrected chi connectivity index (χ2v) is 3.36. The van der Waals surface area contributed by atoms with Crippen LogP contribution in [0.15, 0.2) is 4.99 Å². The molecule has 0 bridgehead atoms. The van der Waals surface area contributed by atoms with E-state index in [4.69, 9.17) is 5.41 Å². The quantitative estimate of drug-likeness (QED) is 0.591. The van der Waals surface area contributed by atoms with Crippen LogP contribution in [0, 0.1) is 5.41 Å². The van der Waals surface area contributed by atoms with Gasteiger partial charge in [-0.25, -0.2) is 10.4 Å². The van der Waals surface area contributed by atoms with Crippen LogP contribution < -0.4 is 0 Å². The largest absolute Gasteiger partial charge is 0.242 e. The smallest absolute Gasteiger partial charge is 0.0867 e. The Balaban J connectivity index is 2.64. The van der Waals surface area contributed by atoms with Gasteiger partial charge in [0.05, 0.1) is 11.5 Å². The van der Waals surface area contributed by atoms with Gasteiger partial charge in [0.15, 0.2) is 0 Å². The van der Waals surface area contributed by atoms with Crippen molar-refractivity contribution >= 4 is 6.01 Å². The molecule has 0 amide bonds. The molecule has 0 aromatic rings. The van der Waals surface area contributed by atoms with Crippen LogP contribution in [0.4, 0.5) is 0 Å². The molecule has 1 aliphatic carbocycles. The molecule has 62 valence electrons. The predicted molar refractivity (Wildman–Crippen MR) is 46.3 cm³/mol. The average Bonchev–Trinajstić information content (AvgIpc) is 2.07. The summed E-state index contributed by atoms with van der Waals surface area (Å²) in [7, 11) is 0. The third-order valence-corrected chi connectivity index (χ3v) is 2.74. The standard InChI is InChI=1S/C9H16N2/c1-2-9(11-8-10)6-4-3-5-7-9/h10H,2-7H2,1H3. The minimum absolute atomic E-state index is 0.0972. The lowest BCUT2D eigenvalue weighted by atomic mass is 9.80. The van der Waals surface area contributed by atoms with Gasteiger partial charge in [0.1, 0.15) is 0 Å². The fourth-order valence-corrected chi connectivity index (χ4v) is 1.87. The summed E-state index contributed by atoms with van der Waals surface area (Å²) in [6.07, 6.45) is 7.29. The zero-order valence-electron chi connectivity index (χ0n) is 7.19. The number of nitrogens with zero attached hydrogens (tertiary/aromatic N) is 1. The maximum atomic E-state index is 6.85. The summed E-state index contributed by atoms with van der Waals surface area (Å²) in [5.74, 6) is 0. The van der Waals surface area contributed by atoms with E-state index in [1.807, 2.05) is 0 Å². The van der Waals surface area contributed by atoms with Crippen LogP contribution in [0.3, 0.4) is 0 Å². The summed E-state index contributed by atoms with van der Waals surface area (Å²) in [6, 6.07) is 2.20. The molecule has 1 rings (SSSR count). The van der Waals surface area contributed by atoms with Crippen LogP contribution in [0.2, 0.25) is 0 Å². The molecule has 0 radical (unpaired) electrons. The van der Waals surface area contributed by atoms with Crippen molar-refractivity contribution in [1.82, 2.24) is 0 Å². The molecule has 0 spiro atoms. The molecule has 0 aromatic heterocycles. The molecule has 0 saturated heterocycles. The molecule has 1 saturated carbocycles. The van der Waals surface area contributed by atoms with Crippen molar-refractivity contribution in [2.45, 2.75) is 51.0 Å². The Morgan fingerprint density at radius 1 is 1.36 bits per heavy atom. The van der Waals surface area contributed by atoms with E-state index in [0.717, 1.165) is 19.3 Å². The van der Waals surface area contributed by atoms with Gasteiger partial charge >= 0.3 is 0 Å². The molecule has 1 fully saturated rings. The van der Waals surface area contributed by atoms with Gasteiger partial charge in [0.25, 0.3) is 0 Å². The van der Waals surface area contributed by atoms with E-state index in [1.54, 1.807) is 0 Å². The second kappa shape index (κ2) is 3.68. The number of hydrogen-bond acceptors (Lipinski definition) is 2. The van der Waals surface area contributed by atoms with E-state index < -0.39 is 0 Å². The van der Waals surface area contributed by atoms with Crippen LogP contribution in [0.25, 0.3) is 0 Å². The molecule has 2 heteroatoms. The highest BCUT2D eigenvalue weighted by atomic mass is 14.9. The number of nitrogens with one attached hydrogen (secondary N) is 1. The molecule has 0 heterocycles. The molecule has 0 aromatic carbocycles. The van der Waals surface area contributed by atoms with E-state index in [-0.39, 0.29) is 5.54 Å². The Labute approximate surface area is 68.2 Å². The Bertz CT molecular complexity index is 162. The fraction of sp³-hybridized carbons (Fsp3) is 0.889. The van der Waals surface area contributed by atoms with Gasteiger partial charge in [0, 0.05) is 0 Å². The van der Waals surface area contributed by atoms with E-state index in [1.165, 1.54) is 19.3 Å². The maximum Gasteiger partial charge on any atom is 0.0867 e. The Kier molecular flexibility index (Phi) is 2.84. The molecule has 0 unspecified atom stereocenters. The zero-order chi connectivity index (χ0) is 8.16. The van der Waals surface area contributed by atoms with Gasteiger partial charge in [-0.1, -0.05) is 26.2 Å². The Morgan fingerprint density at radius 3 is 2.45 bits per heavy atom. The fourth-order valence-electron chi connectivity index (χ4n) is 1.87. The van der Waals surface area contributed by atoms with Crippen molar-refractivity contribution in [3.05, 3.63) is 0 Å². The number of rotatable bonds is 2. The summed E-state index contributed by atoms with van der Waals surface area (Å²) < 4.78 is 0. The lowest BCUT2D eigenvalue weighted by Gasteiger charge is -2.30. The predicted octanol–water partition coefficient (Wildman–Crippen LogP) is 2.85. The van der Waals surface area contributed by atoms with Gasteiger partial charge in [-0.3, -0.25) is 0 Å². The van der Waals surface area contributed by atoms with E-state index in [0.29, 0.717) is 0 Å². The Hall–Kier alpha value is -0.620. The van der Waals surface area contributed by atoms with Crippen molar-refractivity contribution in [3.63, 3.8) is 0 Å². The third-order valence-electron chi connectivity index (χ3n) is 2.74. The van der Waals surface area contributed by atoms with E-state index >= 15 is 0 Å². The molecule has 11 heavy (non-hydrogen) atoms. The first kappa shape index (κ1) is 8.48. The molecule has 2 nitrogen and oxygen atoms in total. The molecular formula is C9H16N2. The van der Waals surface area contributed by atoms with Crippen LogP contribution in [-0.2, 0) is 0 Å². The normalized spacial score (nSPS) is 22.3. The topological polar surface area (TPSA) is 36.2 Å². The van der Waals surface area contributed by atoms with Gasteiger partial charge in [-0.05, 0) is 19.3 Å². The highest BCUT2D eigenvalue weighted by molar-refractivity contribution is 5.37. The lowest BCUT2D eigenvalue weighted by Crippen LogP contribution is -2.28. The minimum atomic E-state index is 0.0972. The summed E-state index contributed by atoms with van der Waals surface area (Å²) >= 11 is 0. The van der Waals surface area contributed by atoms with Gasteiger partial charge in [-0.2, -0.15) is 0 Å². The minimum Gasteiger partial charge on any atom is -0.242 e. The number of hydrogen-bond donors (Lipinski definition) is 1. The molecule has 1 N–H and O–H groups in total. The SMILES string of the molecule is CCC1(N=C=N)CCCCC1. The first-order valence-corrected chi connectivity index (χ1v) is 4.46. The van der Waals surface area contributed by atoms with Gasteiger partial charge in [0.2, 0.25) is 0 Å². The summed E-state index contributed by atoms with van der Waals surface area (Å²) in [4.78, 5) is 4.15. The van der Waals surface area contributed by atoms with Crippen molar-refractivity contribution in [1.29, 1.82) is 5.41 Å². The van der Waals surface area contributed by atoms with E-state index in [2.05, 4.69) is 17.9 Å². The van der Waals surface area contributed by atoms with E-state index in [9.17, 15) is 0 Å². The van der Waals surface area contributed by atoms with Crippen LogP contribution in [0.1, 0.15) is 45.4 Å². The highest BCUT2D eigenvalue weighted by Gasteiger charge is 2.28. The van der Waals surface area contributed by atoms with Crippen LogP contribution in [-0.4, -0.2) is 11.5 Å². The third kappa shape index (κ3) is 1.90. The zero-order valence-corrected chi connectivity index (χ0v) is 7.19. The maximum absolute atomic E-state index is 6.85. The molecule has 1 aliphatic rings. The molecular weight excluding hydrogens is 136 g/mol. The summed E-state index contributed by atoms with van der Waals surface area (Å²) in [6.45, 7) is 2.16. The van der Waals surface area contributed by atoms with Crippen molar-refractivity contribution < 1.29 is 0 Å². The second-order valence-electron chi connectivity index (χ2n) is 3.36. The molecule has 0 aliphatic heterocycles. The molecule has 0 atom stereocenters. The first-order chi connectivity index (χ1) is 5.33. The van der Waals surface area contributed by atoms with Crippen LogP contribution >= 0.6 is 0 Å². The summed E-state index contributed by atoms with van der Waals surface area (Å²) in [5.41, 5.74) is 0.0972.